The van der Waals surface area contributed by atoms with Gasteiger partial charge in [-0.3, -0.25) is 4.79 Å². The minimum atomic E-state index is -0.261. The normalized spacial score (nSPS) is 11.0. The SMILES string of the molecule is CC(C)c1c(C(=O)NCCc2ccccc2F)cnn1-c1cccc(Cl)c1. The maximum absolute atomic E-state index is 13.7. The average Bonchev–Trinajstić information content (AvgIpc) is 3.09. The molecule has 2 aromatic carbocycles. The Morgan fingerprint density at radius 3 is 2.70 bits per heavy atom. The summed E-state index contributed by atoms with van der Waals surface area (Å²) < 4.78 is 15.4. The average molecular weight is 386 g/mol. The van der Waals surface area contributed by atoms with E-state index in [1.54, 1.807) is 41.2 Å². The molecule has 0 unspecified atom stereocenters. The van der Waals surface area contributed by atoms with Crippen LogP contribution in [0, 0.1) is 5.82 Å². The molecule has 1 aromatic heterocycles. The van der Waals surface area contributed by atoms with Crippen LogP contribution < -0.4 is 5.32 Å². The summed E-state index contributed by atoms with van der Waals surface area (Å²) in [5.41, 5.74) is 2.70. The number of carbonyl (C=O) groups is 1. The molecule has 6 heteroatoms. The van der Waals surface area contributed by atoms with Crippen molar-refractivity contribution in [1.82, 2.24) is 15.1 Å². The van der Waals surface area contributed by atoms with Crippen molar-refractivity contribution in [3.63, 3.8) is 0 Å². The highest BCUT2D eigenvalue weighted by atomic mass is 35.5. The summed E-state index contributed by atoms with van der Waals surface area (Å²) in [5, 5.41) is 7.85. The smallest absolute Gasteiger partial charge is 0.254 e. The van der Waals surface area contributed by atoms with Crippen LogP contribution in [0.15, 0.2) is 54.7 Å². The molecule has 140 valence electrons. The van der Waals surface area contributed by atoms with E-state index in [1.807, 2.05) is 26.0 Å². The Bertz CT molecular complexity index is 952. The first-order chi connectivity index (χ1) is 13.0. The maximum Gasteiger partial charge on any atom is 0.254 e. The van der Waals surface area contributed by atoms with Gasteiger partial charge >= 0.3 is 0 Å². The molecule has 3 rings (SSSR count). The van der Waals surface area contributed by atoms with E-state index in [2.05, 4.69) is 10.4 Å². The number of nitrogens with zero attached hydrogens (tertiary/aromatic N) is 2. The van der Waals surface area contributed by atoms with Crippen molar-refractivity contribution in [2.75, 3.05) is 6.54 Å². The standard InChI is InChI=1S/C21H21ClFN3O/c1-14(2)20-18(13-25-26(20)17-8-5-7-16(22)12-17)21(27)24-11-10-15-6-3-4-9-19(15)23/h3-9,12-14H,10-11H2,1-2H3,(H,24,27). The zero-order valence-electron chi connectivity index (χ0n) is 15.2. The Morgan fingerprint density at radius 1 is 1.22 bits per heavy atom. The van der Waals surface area contributed by atoms with Gasteiger partial charge in [-0.1, -0.05) is 49.7 Å². The zero-order valence-corrected chi connectivity index (χ0v) is 16.0. The molecule has 0 aliphatic carbocycles. The van der Waals surface area contributed by atoms with Crippen molar-refractivity contribution in [3.05, 3.63) is 82.4 Å². The Hall–Kier alpha value is -2.66. The Labute approximate surface area is 163 Å². The van der Waals surface area contributed by atoms with Crippen molar-refractivity contribution < 1.29 is 9.18 Å². The van der Waals surface area contributed by atoms with Gasteiger partial charge in [0.15, 0.2) is 0 Å². The van der Waals surface area contributed by atoms with Crippen LogP contribution in [0.4, 0.5) is 4.39 Å². The molecule has 4 nitrogen and oxygen atoms in total. The lowest BCUT2D eigenvalue weighted by atomic mass is 10.0. The van der Waals surface area contributed by atoms with Gasteiger partial charge < -0.3 is 5.32 Å². The topological polar surface area (TPSA) is 46.9 Å². The highest BCUT2D eigenvalue weighted by Gasteiger charge is 2.20. The molecule has 0 fully saturated rings. The lowest BCUT2D eigenvalue weighted by Gasteiger charge is -2.13. The van der Waals surface area contributed by atoms with Crippen molar-refractivity contribution in [2.24, 2.45) is 0 Å². The van der Waals surface area contributed by atoms with Crippen molar-refractivity contribution in [3.8, 4) is 5.69 Å². The highest BCUT2D eigenvalue weighted by molar-refractivity contribution is 6.30. The van der Waals surface area contributed by atoms with Gasteiger partial charge in [-0.2, -0.15) is 5.10 Å². The lowest BCUT2D eigenvalue weighted by Crippen LogP contribution is -2.27. The van der Waals surface area contributed by atoms with Crippen LogP contribution in [0.1, 0.15) is 41.4 Å². The van der Waals surface area contributed by atoms with Gasteiger partial charge in [0, 0.05) is 11.6 Å². The number of amides is 1. The molecule has 0 radical (unpaired) electrons. The van der Waals surface area contributed by atoms with Crippen LogP contribution in [-0.4, -0.2) is 22.2 Å². The number of hydrogen-bond donors (Lipinski definition) is 1. The number of hydrogen-bond acceptors (Lipinski definition) is 2. The summed E-state index contributed by atoms with van der Waals surface area (Å²) in [6.45, 7) is 4.36. The largest absolute Gasteiger partial charge is 0.352 e. The highest BCUT2D eigenvalue weighted by Crippen LogP contribution is 2.24. The van der Waals surface area contributed by atoms with Crippen LogP contribution in [0.3, 0.4) is 0 Å². The second-order valence-electron chi connectivity index (χ2n) is 6.59. The summed E-state index contributed by atoms with van der Waals surface area (Å²) in [6.07, 6.45) is 1.99. The first kappa shape index (κ1) is 19.1. The number of halogens is 2. The van der Waals surface area contributed by atoms with E-state index in [-0.39, 0.29) is 17.6 Å². The molecule has 3 aromatic rings. The van der Waals surface area contributed by atoms with E-state index in [1.165, 1.54) is 6.07 Å². The summed E-state index contributed by atoms with van der Waals surface area (Å²) in [7, 11) is 0. The Morgan fingerprint density at radius 2 is 2.00 bits per heavy atom. The van der Waals surface area contributed by atoms with E-state index in [4.69, 9.17) is 11.6 Å². The van der Waals surface area contributed by atoms with Gasteiger partial charge in [-0.25, -0.2) is 9.07 Å². The second kappa shape index (κ2) is 8.35. The van der Waals surface area contributed by atoms with Crippen molar-refractivity contribution >= 4 is 17.5 Å². The lowest BCUT2D eigenvalue weighted by molar-refractivity contribution is 0.0952. The predicted octanol–water partition coefficient (Wildman–Crippen LogP) is 4.76. The van der Waals surface area contributed by atoms with Crippen LogP contribution in [0.2, 0.25) is 5.02 Å². The van der Waals surface area contributed by atoms with Crippen molar-refractivity contribution in [2.45, 2.75) is 26.2 Å². The van der Waals surface area contributed by atoms with Gasteiger partial charge in [0.2, 0.25) is 0 Å². The summed E-state index contributed by atoms with van der Waals surface area (Å²) >= 11 is 6.08. The van der Waals surface area contributed by atoms with Crippen LogP contribution >= 0.6 is 11.6 Å². The number of benzene rings is 2. The van der Waals surface area contributed by atoms with E-state index >= 15 is 0 Å². The fourth-order valence-electron chi connectivity index (χ4n) is 3.01. The monoisotopic (exact) mass is 385 g/mol. The number of rotatable bonds is 6. The molecule has 0 aliphatic heterocycles. The van der Waals surface area contributed by atoms with Gasteiger partial charge in [0.05, 0.1) is 23.1 Å². The number of nitrogens with one attached hydrogen (secondary N) is 1. The van der Waals surface area contributed by atoms with Gasteiger partial charge in [-0.15, -0.1) is 0 Å². The zero-order chi connectivity index (χ0) is 19.4. The molecule has 1 N–H and O–H groups in total. The van der Waals surface area contributed by atoms with E-state index in [9.17, 15) is 9.18 Å². The fraction of sp³-hybridized carbons (Fsp3) is 0.238. The first-order valence-electron chi connectivity index (χ1n) is 8.83. The summed E-state index contributed by atoms with van der Waals surface area (Å²) in [4.78, 5) is 12.7. The molecular formula is C21H21ClFN3O. The minimum absolute atomic E-state index is 0.0822. The first-order valence-corrected chi connectivity index (χ1v) is 9.20. The number of carbonyl (C=O) groups excluding carboxylic acids is 1. The fourth-order valence-corrected chi connectivity index (χ4v) is 3.19. The van der Waals surface area contributed by atoms with Gasteiger partial charge in [0.1, 0.15) is 5.82 Å². The third kappa shape index (κ3) is 4.37. The van der Waals surface area contributed by atoms with Gasteiger partial charge in [0.25, 0.3) is 5.91 Å². The van der Waals surface area contributed by atoms with E-state index < -0.39 is 0 Å². The third-order valence-corrected chi connectivity index (χ3v) is 4.52. The molecule has 1 amide bonds. The minimum Gasteiger partial charge on any atom is -0.352 e. The summed E-state index contributed by atoms with van der Waals surface area (Å²) in [5.74, 6) is -0.398. The van der Waals surface area contributed by atoms with E-state index in [0.717, 1.165) is 11.4 Å². The molecule has 27 heavy (non-hydrogen) atoms. The Kier molecular flexibility index (Phi) is 5.91. The van der Waals surface area contributed by atoms with Crippen molar-refractivity contribution in [1.29, 1.82) is 0 Å². The van der Waals surface area contributed by atoms with Gasteiger partial charge in [-0.05, 0) is 42.2 Å². The summed E-state index contributed by atoms with van der Waals surface area (Å²) in [6, 6.07) is 13.9. The second-order valence-corrected chi connectivity index (χ2v) is 7.02. The molecule has 0 saturated carbocycles. The maximum atomic E-state index is 13.7. The third-order valence-electron chi connectivity index (χ3n) is 4.29. The Balaban J connectivity index is 1.78. The molecule has 0 saturated heterocycles. The van der Waals surface area contributed by atoms with Crippen LogP contribution in [0.25, 0.3) is 5.69 Å². The van der Waals surface area contributed by atoms with E-state index in [0.29, 0.717) is 29.1 Å². The molecule has 1 heterocycles. The molecule has 0 spiro atoms. The quantitative estimate of drug-likeness (QED) is 0.665. The number of aromatic nitrogens is 2. The molecule has 0 aliphatic rings. The molecule has 0 bridgehead atoms. The van der Waals surface area contributed by atoms with Crippen LogP contribution in [0.5, 0.6) is 0 Å². The molecule has 0 atom stereocenters. The molecular weight excluding hydrogens is 365 g/mol. The predicted molar refractivity (Wildman–Crippen MR) is 105 cm³/mol. The van der Waals surface area contributed by atoms with Crippen LogP contribution in [-0.2, 0) is 6.42 Å².